The highest BCUT2D eigenvalue weighted by molar-refractivity contribution is 5.48. The summed E-state index contributed by atoms with van der Waals surface area (Å²) in [7, 11) is 0. The number of nitrogens with two attached hydrogens (primary N) is 1. The van der Waals surface area contributed by atoms with Crippen LogP contribution in [0.2, 0.25) is 0 Å². The van der Waals surface area contributed by atoms with Gasteiger partial charge in [-0.1, -0.05) is 12.5 Å². The molecule has 1 unspecified atom stereocenters. The van der Waals surface area contributed by atoms with Gasteiger partial charge in [0.2, 0.25) is 0 Å². The maximum atomic E-state index is 5.74. The highest BCUT2D eigenvalue weighted by Crippen LogP contribution is 2.15. The van der Waals surface area contributed by atoms with Crippen LogP contribution >= 0.6 is 0 Å². The fourth-order valence-electron chi connectivity index (χ4n) is 2.73. The van der Waals surface area contributed by atoms with Crippen LogP contribution in [0.15, 0.2) is 24.5 Å². The van der Waals surface area contributed by atoms with Crippen LogP contribution in [0.4, 0.5) is 0 Å². The summed E-state index contributed by atoms with van der Waals surface area (Å²) in [6, 6.07) is 4.66. The van der Waals surface area contributed by atoms with Crippen LogP contribution in [0.5, 0.6) is 0 Å². The quantitative estimate of drug-likeness (QED) is 0.860. The number of hydrogen-bond acceptors (Lipinski definition) is 3. The van der Waals surface area contributed by atoms with Crippen LogP contribution < -0.4 is 11.1 Å². The maximum Gasteiger partial charge on any atom is 0.141 e. The van der Waals surface area contributed by atoms with Gasteiger partial charge in [-0.2, -0.15) is 0 Å². The third-order valence-corrected chi connectivity index (χ3v) is 3.70. The van der Waals surface area contributed by atoms with Crippen LogP contribution in [-0.4, -0.2) is 22.0 Å². The zero-order valence-electron chi connectivity index (χ0n) is 10.6. The summed E-state index contributed by atoms with van der Waals surface area (Å²) in [5.41, 5.74) is 9.02. The lowest BCUT2D eigenvalue weighted by atomic mass is 10.0. The SMILES string of the molecule is NCc1cccn2cc(CC3CCCCN3)nc12. The molecular weight excluding hydrogens is 224 g/mol. The van der Waals surface area contributed by atoms with E-state index in [-0.39, 0.29) is 0 Å². The van der Waals surface area contributed by atoms with Gasteiger partial charge in [0, 0.05) is 37.0 Å². The van der Waals surface area contributed by atoms with Crippen LogP contribution in [0, 0.1) is 0 Å². The van der Waals surface area contributed by atoms with E-state index >= 15 is 0 Å². The Morgan fingerprint density at radius 3 is 3.17 bits per heavy atom. The third-order valence-electron chi connectivity index (χ3n) is 3.70. The van der Waals surface area contributed by atoms with Gasteiger partial charge in [-0.3, -0.25) is 0 Å². The Morgan fingerprint density at radius 2 is 2.39 bits per heavy atom. The number of fused-ring (bicyclic) bond motifs is 1. The molecule has 0 aromatic carbocycles. The number of hydrogen-bond donors (Lipinski definition) is 2. The summed E-state index contributed by atoms with van der Waals surface area (Å²) in [6.45, 7) is 1.69. The van der Waals surface area contributed by atoms with Gasteiger partial charge >= 0.3 is 0 Å². The molecular formula is C14H20N4. The normalized spacial score (nSPS) is 20.4. The number of rotatable bonds is 3. The second-order valence-corrected chi connectivity index (χ2v) is 5.05. The number of nitrogens with zero attached hydrogens (tertiary/aromatic N) is 2. The summed E-state index contributed by atoms with van der Waals surface area (Å²) >= 11 is 0. The molecule has 3 N–H and O–H groups in total. The lowest BCUT2D eigenvalue weighted by Crippen LogP contribution is -2.35. The van der Waals surface area contributed by atoms with E-state index in [4.69, 9.17) is 10.7 Å². The Labute approximate surface area is 107 Å². The number of piperidine rings is 1. The second-order valence-electron chi connectivity index (χ2n) is 5.05. The molecule has 2 aromatic heterocycles. The van der Waals surface area contributed by atoms with Crippen molar-refractivity contribution in [1.82, 2.24) is 14.7 Å². The second kappa shape index (κ2) is 5.08. The van der Waals surface area contributed by atoms with Crippen molar-refractivity contribution in [3.05, 3.63) is 35.8 Å². The van der Waals surface area contributed by atoms with Crippen molar-refractivity contribution in [1.29, 1.82) is 0 Å². The van der Waals surface area contributed by atoms with Crippen molar-refractivity contribution in [3.63, 3.8) is 0 Å². The summed E-state index contributed by atoms with van der Waals surface area (Å²) in [6.07, 6.45) is 9.09. The fourth-order valence-corrected chi connectivity index (χ4v) is 2.73. The molecule has 1 aliphatic heterocycles. The topological polar surface area (TPSA) is 55.4 Å². The number of nitrogens with one attached hydrogen (secondary N) is 1. The van der Waals surface area contributed by atoms with Gasteiger partial charge in [0.1, 0.15) is 5.65 Å². The predicted octanol–water partition coefficient (Wildman–Crippen LogP) is 1.48. The minimum atomic E-state index is 0.544. The van der Waals surface area contributed by atoms with Gasteiger partial charge in [-0.15, -0.1) is 0 Å². The lowest BCUT2D eigenvalue weighted by Gasteiger charge is -2.22. The Kier molecular flexibility index (Phi) is 3.30. The fraction of sp³-hybridized carbons (Fsp3) is 0.500. The molecule has 1 saturated heterocycles. The molecule has 2 aromatic rings. The predicted molar refractivity (Wildman–Crippen MR) is 72.4 cm³/mol. The van der Waals surface area contributed by atoms with E-state index < -0.39 is 0 Å². The molecule has 3 rings (SSSR count). The molecule has 1 aliphatic rings. The van der Waals surface area contributed by atoms with Gasteiger partial charge in [-0.05, 0) is 25.5 Å². The van der Waals surface area contributed by atoms with E-state index in [2.05, 4.69) is 15.9 Å². The zero-order chi connectivity index (χ0) is 12.4. The largest absolute Gasteiger partial charge is 0.326 e. The molecule has 0 bridgehead atoms. The van der Waals surface area contributed by atoms with Gasteiger partial charge in [0.05, 0.1) is 5.69 Å². The molecule has 18 heavy (non-hydrogen) atoms. The maximum absolute atomic E-state index is 5.74. The smallest absolute Gasteiger partial charge is 0.141 e. The van der Waals surface area contributed by atoms with Gasteiger partial charge in [0.25, 0.3) is 0 Å². The monoisotopic (exact) mass is 244 g/mol. The highest BCUT2D eigenvalue weighted by atomic mass is 15.0. The summed E-state index contributed by atoms with van der Waals surface area (Å²) in [5, 5.41) is 3.57. The van der Waals surface area contributed by atoms with E-state index in [0.29, 0.717) is 12.6 Å². The molecule has 0 amide bonds. The first kappa shape index (κ1) is 11.7. The zero-order valence-corrected chi connectivity index (χ0v) is 10.6. The Hall–Kier alpha value is -1.39. The van der Waals surface area contributed by atoms with E-state index in [1.54, 1.807) is 0 Å². The highest BCUT2D eigenvalue weighted by Gasteiger charge is 2.15. The van der Waals surface area contributed by atoms with Crippen LogP contribution in [0.1, 0.15) is 30.5 Å². The molecule has 0 spiro atoms. The van der Waals surface area contributed by atoms with Crippen molar-refractivity contribution >= 4 is 5.65 Å². The van der Waals surface area contributed by atoms with Crippen LogP contribution in [0.25, 0.3) is 5.65 Å². The minimum Gasteiger partial charge on any atom is -0.326 e. The van der Waals surface area contributed by atoms with E-state index in [1.807, 2.05) is 18.3 Å². The van der Waals surface area contributed by atoms with Crippen molar-refractivity contribution in [2.45, 2.75) is 38.3 Å². The number of aromatic nitrogens is 2. The van der Waals surface area contributed by atoms with Crippen LogP contribution in [0.3, 0.4) is 0 Å². The van der Waals surface area contributed by atoms with Crippen molar-refractivity contribution < 1.29 is 0 Å². The summed E-state index contributed by atoms with van der Waals surface area (Å²) in [4.78, 5) is 4.72. The molecule has 96 valence electrons. The van der Waals surface area contributed by atoms with Crippen molar-refractivity contribution in [3.8, 4) is 0 Å². The molecule has 4 heteroatoms. The average Bonchev–Trinajstić information content (AvgIpc) is 2.82. The standard InChI is InChI=1S/C14H20N4/c15-9-11-4-3-7-18-10-13(17-14(11)18)8-12-5-1-2-6-16-12/h3-4,7,10,12,16H,1-2,5-6,8-9,15H2. The average molecular weight is 244 g/mol. The van der Waals surface area contributed by atoms with Crippen molar-refractivity contribution in [2.75, 3.05) is 6.54 Å². The Bertz CT molecular complexity index is 526. The molecule has 0 aliphatic carbocycles. The molecule has 0 saturated carbocycles. The Balaban J connectivity index is 1.84. The first-order chi connectivity index (χ1) is 8.86. The van der Waals surface area contributed by atoms with E-state index in [1.165, 1.54) is 19.3 Å². The molecule has 4 nitrogen and oxygen atoms in total. The van der Waals surface area contributed by atoms with Gasteiger partial charge in [0.15, 0.2) is 0 Å². The van der Waals surface area contributed by atoms with Crippen LogP contribution in [-0.2, 0) is 13.0 Å². The molecule has 0 radical (unpaired) electrons. The molecule has 1 atom stereocenters. The summed E-state index contributed by atoms with van der Waals surface area (Å²) < 4.78 is 2.08. The number of pyridine rings is 1. The van der Waals surface area contributed by atoms with Crippen molar-refractivity contribution in [2.24, 2.45) is 5.73 Å². The van der Waals surface area contributed by atoms with E-state index in [0.717, 1.165) is 29.9 Å². The number of imidazole rings is 1. The lowest BCUT2D eigenvalue weighted by molar-refractivity contribution is 0.397. The van der Waals surface area contributed by atoms with Gasteiger partial charge in [-0.25, -0.2) is 4.98 Å². The van der Waals surface area contributed by atoms with E-state index in [9.17, 15) is 0 Å². The minimum absolute atomic E-state index is 0.544. The molecule has 3 heterocycles. The first-order valence-electron chi connectivity index (χ1n) is 6.76. The third kappa shape index (κ3) is 2.26. The summed E-state index contributed by atoms with van der Waals surface area (Å²) in [5.74, 6) is 0. The molecule has 1 fully saturated rings. The van der Waals surface area contributed by atoms with Gasteiger partial charge < -0.3 is 15.5 Å². The Morgan fingerprint density at radius 1 is 1.44 bits per heavy atom. The first-order valence-corrected chi connectivity index (χ1v) is 6.76.